The Morgan fingerprint density at radius 2 is 0.742 bits per heavy atom. The summed E-state index contributed by atoms with van der Waals surface area (Å²) in [5.74, 6) is -7.13. The molecule has 4 saturated heterocycles. The molecule has 4 heterocycles. The van der Waals surface area contributed by atoms with Crippen LogP contribution in [0.5, 0.6) is 0 Å². The summed E-state index contributed by atoms with van der Waals surface area (Å²) in [6.07, 6.45) is -24.4. The molecule has 4 rings (SSSR count). The van der Waals surface area contributed by atoms with Crippen LogP contribution in [0.25, 0.3) is 0 Å². The summed E-state index contributed by atoms with van der Waals surface area (Å²) in [6, 6.07) is 0. The van der Waals surface area contributed by atoms with Crippen molar-refractivity contribution in [2.45, 2.75) is 271 Å². The van der Waals surface area contributed by atoms with Crippen molar-refractivity contribution in [2.24, 2.45) is 0 Å². The first-order chi connectivity index (χ1) is 40.5. The van der Waals surface area contributed by atoms with Gasteiger partial charge in [-0.1, -0.05) is 0 Å². The number of methoxy groups -OCH3 is 1. The van der Waals surface area contributed by atoms with Crippen LogP contribution >= 0.6 is 0 Å². The van der Waals surface area contributed by atoms with E-state index in [2.05, 4.69) is 0 Å². The standard InChI is InChI=1S/C18H28O10.C17H26O10.C10H18O7.C9H18O5.CO2/c1-9(19)23-8-13-14(24-10(2)20)15(25-11(3)21)16(26-12(4)22)17(27-13)28-18(5,6)7;1-8(18)23-11-12(24-9(2)19)14(25-10(3)20)16(27-17(4,5)6)26-13(11)15(21)22-7;1-10(2,3)17-9-6(13)4(11)5(12)7(16-9)8(14)15;1-9(2,3)14-8-7(12)6(11)5(10)4-13-8;2-1-3/h13-17H,8H2,1-7H3;11-14,16H,1-7H3;4-7,9,11-13H,1-3H3,(H,14,15);5-8,10-12H,4H2,1-3H3;/t13?,14-,15?,16-,17-;11-,12?,13?,14-,16-;4?,5-,6-,7?,9-;5-,6?,7+,8+;/m0001./s1. The quantitative estimate of drug-likeness (QED) is 0.0787. The van der Waals surface area contributed by atoms with Crippen LogP contribution in [0.15, 0.2) is 0 Å². The second-order valence-corrected chi connectivity index (χ2v) is 23.7. The highest BCUT2D eigenvalue weighted by Crippen LogP contribution is 2.34. The van der Waals surface area contributed by atoms with E-state index in [-0.39, 0.29) is 19.4 Å². The number of rotatable bonds is 14. The summed E-state index contributed by atoms with van der Waals surface area (Å²) in [5, 5.41) is 65.4. The van der Waals surface area contributed by atoms with Gasteiger partial charge >= 0.3 is 59.9 Å². The highest BCUT2D eigenvalue weighted by molar-refractivity contribution is 5.77. The Labute approximate surface area is 514 Å². The average Bonchev–Trinajstić information content (AvgIpc) is 1.01. The Hall–Kier alpha value is -5.95. The lowest BCUT2D eigenvalue weighted by molar-refractivity contribution is -0.325. The van der Waals surface area contributed by atoms with E-state index in [9.17, 15) is 73.8 Å². The molecule has 4 fully saturated rings. The number of aliphatic carboxylic acids is 1. The van der Waals surface area contributed by atoms with Gasteiger partial charge in [-0.15, -0.1) is 0 Å². The molecule has 34 nitrogen and oxygen atoms in total. The second kappa shape index (κ2) is 36.8. The molecule has 514 valence electrons. The van der Waals surface area contributed by atoms with Crippen LogP contribution in [0.2, 0.25) is 0 Å². The first-order valence-electron chi connectivity index (χ1n) is 27.4. The van der Waals surface area contributed by atoms with Gasteiger partial charge in [-0.2, -0.15) is 9.59 Å². The van der Waals surface area contributed by atoms with Crippen molar-refractivity contribution < 1.29 is 164 Å². The molecule has 0 aromatic rings. The molecule has 0 aromatic heterocycles. The van der Waals surface area contributed by atoms with Crippen LogP contribution in [0, 0.1) is 0 Å². The molecule has 0 radical (unpaired) electrons. The zero-order valence-electron chi connectivity index (χ0n) is 53.5. The SMILES string of the molecule is CC(=O)OCC1O[C@@H](OC(C)(C)C)[C@@H](OC(C)=O)C(OC(C)=O)[C@H]1OC(C)=O.CC(C)(C)O[C@@H]1OC(C(=O)O)[C@@H](O)C(O)[C@@H]1O.CC(C)(C)O[C@@H]1OC[C@@H](O)C(O)[C@@H]1O.COC(=O)C1O[C@@H](OC(C)(C)C)[C@@H](OC(C)=O)C(OC(C)=O)[C@@H]1OC(C)=O.O=C=O. The fourth-order valence-corrected chi connectivity index (χ4v) is 7.88. The molecule has 0 amide bonds. The monoisotopic (exact) mass is 1290 g/mol. The Bertz CT molecular complexity index is 2330. The molecule has 0 bridgehead atoms. The molecule has 19 atom stereocenters. The van der Waals surface area contributed by atoms with Gasteiger partial charge in [0.25, 0.3) is 0 Å². The molecule has 4 aliphatic heterocycles. The van der Waals surface area contributed by atoms with Crippen molar-refractivity contribution in [1.29, 1.82) is 0 Å². The van der Waals surface area contributed by atoms with E-state index in [0.29, 0.717) is 0 Å². The van der Waals surface area contributed by atoms with Crippen molar-refractivity contribution in [2.75, 3.05) is 20.3 Å². The maximum atomic E-state index is 12.2. The highest BCUT2D eigenvalue weighted by atomic mass is 16.8. The second-order valence-electron chi connectivity index (χ2n) is 23.7. The van der Waals surface area contributed by atoms with E-state index < -0.39 is 193 Å². The number of carboxylic acids is 1. The molecule has 7 N–H and O–H groups in total. The van der Waals surface area contributed by atoms with Gasteiger partial charge in [0.2, 0.25) is 0 Å². The maximum absolute atomic E-state index is 12.2. The smallest absolute Gasteiger partial charge is 0.373 e. The number of carboxylic acid groups (broad SMARTS) is 1. The predicted octanol–water partition coefficient (Wildman–Crippen LogP) is -1.27. The van der Waals surface area contributed by atoms with Crippen LogP contribution in [-0.4, -0.2) is 255 Å². The zero-order valence-corrected chi connectivity index (χ0v) is 53.5. The number of esters is 8. The molecule has 89 heavy (non-hydrogen) atoms. The fourth-order valence-electron chi connectivity index (χ4n) is 7.88. The number of carbonyl (C=O) groups is 9. The largest absolute Gasteiger partial charge is 0.479 e. The van der Waals surface area contributed by atoms with Gasteiger partial charge in [0, 0.05) is 48.5 Å². The third-order valence-corrected chi connectivity index (χ3v) is 10.9. The summed E-state index contributed by atoms with van der Waals surface area (Å²) in [6.45, 7) is 28.7. The van der Waals surface area contributed by atoms with Crippen LogP contribution in [0.1, 0.15) is 132 Å². The molecule has 0 spiro atoms. The van der Waals surface area contributed by atoms with E-state index in [4.69, 9.17) is 90.5 Å². The number of hydrogen-bond donors (Lipinski definition) is 7. The third kappa shape index (κ3) is 31.1. The summed E-state index contributed by atoms with van der Waals surface area (Å²) in [4.78, 5) is 120. The Morgan fingerprint density at radius 1 is 0.416 bits per heavy atom. The van der Waals surface area contributed by atoms with Crippen molar-refractivity contribution in [1.82, 2.24) is 0 Å². The third-order valence-electron chi connectivity index (χ3n) is 10.9. The lowest BCUT2D eigenvalue weighted by Crippen LogP contribution is -2.64. The van der Waals surface area contributed by atoms with Gasteiger partial charge < -0.3 is 112 Å². The molecular formula is C55H90O34. The van der Waals surface area contributed by atoms with Gasteiger partial charge in [0.15, 0.2) is 74.0 Å². The van der Waals surface area contributed by atoms with Crippen LogP contribution < -0.4 is 0 Å². The van der Waals surface area contributed by atoms with E-state index in [1.165, 1.54) is 13.8 Å². The number of aliphatic hydroxyl groups is 6. The fraction of sp³-hybridized carbons (Fsp3) is 0.818. The normalized spacial score (nSPS) is 31.0. The first-order valence-corrected chi connectivity index (χ1v) is 27.4. The molecule has 0 saturated carbocycles. The molecule has 0 aliphatic carbocycles. The molecule has 34 heteroatoms. The lowest BCUT2D eigenvalue weighted by Gasteiger charge is -2.45. The topological polar surface area (TPSA) is 477 Å². The van der Waals surface area contributed by atoms with E-state index in [1.807, 2.05) is 20.8 Å². The lowest BCUT2D eigenvalue weighted by atomic mass is 9.97. The minimum atomic E-state index is -1.69. The van der Waals surface area contributed by atoms with Crippen LogP contribution in [0.4, 0.5) is 0 Å². The van der Waals surface area contributed by atoms with E-state index >= 15 is 0 Å². The minimum Gasteiger partial charge on any atom is -0.479 e. The molecule has 4 aliphatic rings. The van der Waals surface area contributed by atoms with Gasteiger partial charge in [-0.05, 0) is 83.1 Å². The van der Waals surface area contributed by atoms with Crippen molar-refractivity contribution >= 4 is 59.9 Å². The molecule has 0 aromatic carbocycles. The Kier molecular flexibility index (Phi) is 34.3. The summed E-state index contributed by atoms with van der Waals surface area (Å²) in [5.41, 5.74) is -2.63. The van der Waals surface area contributed by atoms with Crippen molar-refractivity contribution in [3.63, 3.8) is 0 Å². The maximum Gasteiger partial charge on any atom is 0.373 e. The van der Waals surface area contributed by atoms with E-state index in [0.717, 1.165) is 41.7 Å². The average molecular weight is 1300 g/mol. The number of hydrogen-bond acceptors (Lipinski definition) is 33. The summed E-state index contributed by atoms with van der Waals surface area (Å²) >= 11 is 0. The summed E-state index contributed by atoms with van der Waals surface area (Å²) < 4.78 is 84.8. The number of aliphatic hydroxyl groups excluding tert-OH is 6. The summed E-state index contributed by atoms with van der Waals surface area (Å²) in [7, 11) is 1.12. The van der Waals surface area contributed by atoms with Gasteiger partial charge in [-0.25, -0.2) is 9.59 Å². The van der Waals surface area contributed by atoms with Gasteiger partial charge in [0.05, 0.1) is 36.1 Å². The van der Waals surface area contributed by atoms with Crippen molar-refractivity contribution in [3.8, 4) is 0 Å². The number of carbonyl (C=O) groups excluding carboxylic acids is 10. The zero-order chi connectivity index (χ0) is 69.6. The van der Waals surface area contributed by atoms with Gasteiger partial charge in [-0.3, -0.25) is 33.6 Å². The Morgan fingerprint density at radius 3 is 1.11 bits per heavy atom. The highest BCUT2D eigenvalue weighted by Gasteiger charge is 2.57. The molecule has 7 unspecified atom stereocenters. The van der Waals surface area contributed by atoms with Crippen molar-refractivity contribution in [3.05, 3.63) is 0 Å². The molecular weight excluding hydrogens is 1200 g/mol. The van der Waals surface area contributed by atoms with Gasteiger partial charge in [0.1, 0.15) is 49.3 Å². The minimum absolute atomic E-state index is 0.0288. The van der Waals surface area contributed by atoms with Crippen LogP contribution in [-0.2, 0) is 129 Å². The van der Waals surface area contributed by atoms with E-state index in [1.54, 1.807) is 62.3 Å². The van der Waals surface area contributed by atoms with Crippen LogP contribution in [0.3, 0.4) is 0 Å². The number of ether oxygens (including phenoxy) is 16. The first kappa shape index (κ1) is 83.1. The predicted molar refractivity (Wildman–Crippen MR) is 290 cm³/mol. The Balaban J connectivity index is 0.00000118.